The molecule has 0 spiro atoms. The van der Waals surface area contributed by atoms with E-state index in [-0.39, 0.29) is 18.1 Å². The lowest BCUT2D eigenvalue weighted by Crippen LogP contribution is -2.69. The standard InChI is InChI=1S/C35H39FN2O6/c1-32-14-13-25(40)15-22(32)7-12-26-27-16-30-35(29(42)19-39,33(27,2)17-28(41)34(26,32)36)44-31(43-30)21-6-11-24(38-18-21)10-5-20-3-8-23(37)9-4-20/h3-4,6,8-9,11,13-15,18,26-28,30-31,39,41H,5,7,10,12,16-17,19,37H2,1-2H3/t26-,27-,28-,30+,31+,32-,33-,34-,35+/m0/s1. The fourth-order valence-electron chi connectivity index (χ4n) is 9.40. The van der Waals surface area contributed by atoms with Crippen LogP contribution in [0.1, 0.15) is 62.6 Å². The first-order valence-corrected chi connectivity index (χ1v) is 15.5. The Morgan fingerprint density at radius 1 is 1.14 bits per heavy atom. The number of pyridine rings is 1. The van der Waals surface area contributed by atoms with Crippen molar-refractivity contribution in [3.63, 3.8) is 0 Å². The number of hydrogen-bond donors (Lipinski definition) is 3. The topological polar surface area (TPSA) is 132 Å². The molecule has 1 saturated heterocycles. The second-order valence-corrected chi connectivity index (χ2v) is 13.7. The molecule has 0 bridgehead atoms. The number of carbonyl (C=O) groups is 2. The number of ether oxygens (including phenoxy) is 2. The number of allylic oxidation sites excluding steroid dienone is 4. The molecule has 0 radical (unpaired) electrons. The Morgan fingerprint density at radius 3 is 2.61 bits per heavy atom. The molecule has 8 nitrogen and oxygen atoms in total. The Balaban J connectivity index is 1.16. The molecule has 9 atom stereocenters. The second kappa shape index (κ2) is 10.1. The summed E-state index contributed by atoms with van der Waals surface area (Å²) in [6, 6.07) is 11.5. The monoisotopic (exact) mass is 602 g/mol. The molecule has 5 aliphatic rings. The minimum absolute atomic E-state index is 0.0457. The number of carbonyl (C=O) groups excluding carboxylic acids is 2. The Morgan fingerprint density at radius 2 is 1.91 bits per heavy atom. The number of benzene rings is 1. The molecule has 9 heteroatoms. The van der Waals surface area contributed by atoms with Crippen LogP contribution in [0.2, 0.25) is 0 Å². The van der Waals surface area contributed by atoms with Crippen LogP contribution in [0.15, 0.2) is 66.4 Å². The summed E-state index contributed by atoms with van der Waals surface area (Å²) < 4.78 is 30.6. The number of aryl methyl sites for hydroxylation is 2. The van der Waals surface area contributed by atoms with Crippen molar-refractivity contribution in [2.45, 2.75) is 82.1 Å². The highest BCUT2D eigenvalue weighted by atomic mass is 19.1. The molecule has 4 N–H and O–H groups in total. The van der Waals surface area contributed by atoms with E-state index in [0.29, 0.717) is 30.4 Å². The van der Waals surface area contributed by atoms with Gasteiger partial charge in [0.05, 0.1) is 12.2 Å². The van der Waals surface area contributed by atoms with Crippen LogP contribution in [-0.4, -0.2) is 56.8 Å². The summed E-state index contributed by atoms with van der Waals surface area (Å²) in [6.07, 6.45) is 5.95. The first-order valence-electron chi connectivity index (χ1n) is 15.5. The van der Waals surface area contributed by atoms with Crippen molar-refractivity contribution in [1.29, 1.82) is 0 Å². The van der Waals surface area contributed by atoms with Gasteiger partial charge < -0.3 is 25.4 Å². The van der Waals surface area contributed by atoms with E-state index >= 15 is 4.39 Å². The highest BCUT2D eigenvalue weighted by Crippen LogP contribution is 2.72. The summed E-state index contributed by atoms with van der Waals surface area (Å²) in [5, 5.41) is 21.9. The number of alkyl halides is 1. The lowest BCUT2D eigenvalue weighted by atomic mass is 9.44. The van der Waals surface area contributed by atoms with Crippen molar-refractivity contribution in [2.24, 2.45) is 22.7 Å². The van der Waals surface area contributed by atoms with Crippen molar-refractivity contribution >= 4 is 17.3 Å². The number of halogens is 1. The zero-order valence-electron chi connectivity index (χ0n) is 25.0. The van der Waals surface area contributed by atoms with Crippen LogP contribution in [0.4, 0.5) is 10.1 Å². The van der Waals surface area contributed by atoms with E-state index < -0.39 is 58.9 Å². The number of anilines is 1. The average Bonchev–Trinajstić information content (AvgIpc) is 3.51. The van der Waals surface area contributed by atoms with Crippen LogP contribution in [0, 0.1) is 22.7 Å². The van der Waals surface area contributed by atoms with Crippen LogP contribution in [0.25, 0.3) is 0 Å². The quantitative estimate of drug-likeness (QED) is 0.421. The molecule has 2 aromatic rings. The van der Waals surface area contributed by atoms with Crippen molar-refractivity contribution in [2.75, 3.05) is 12.3 Å². The number of nitrogens with two attached hydrogens (primary N) is 1. The molecule has 2 heterocycles. The first kappa shape index (κ1) is 29.5. The number of nitrogen functional groups attached to an aromatic ring is 1. The highest BCUT2D eigenvalue weighted by molar-refractivity contribution is 6.01. The summed E-state index contributed by atoms with van der Waals surface area (Å²) in [5.41, 5.74) is 4.18. The first-order chi connectivity index (χ1) is 21.0. The summed E-state index contributed by atoms with van der Waals surface area (Å²) in [7, 11) is 0. The number of rotatable bonds is 6. The molecule has 1 aromatic carbocycles. The molecule has 4 fully saturated rings. The Hall–Kier alpha value is -3.24. The molecule has 0 unspecified atom stereocenters. The maximum Gasteiger partial charge on any atom is 0.193 e. The third kappa shape index (κ3) is 3.92. The van der Waals surface area contributed by atoms with E-state index in [1.165, 1.54) is 12.2 Å². The predicted molar refractivity (Wildman–Crippen MR) is 160 cm³/mol. The van der Waals surface area contributed by atoms with E-state index in [9.17, 15) is 19.8 Å². The maximum absolute atomic E-state index is 17.5. The second-order valence-electron chi connectivity index (χ2n) is 13.7. The van der Waals surface area contributed by atoms with Gasteiger partial charge in [-0.2, -0.15) is 0 Å². The third-order valence-corrected chi connectivity index (χ3v) is 11.7. The highest BCUT2D eigenvalue weighted by Gasteiger charge is 2.79. The molecule has 4 aliphatic carbocycles. The molecule has 3 saturated carbocycles. The predicted octanol–water partition coefficient (Wildman–Crippen LogP) is 4.14. The lowest BCUT2D eigenvalue weighted by molar-refractivity contribution is -0.231. The van der Waals surface area contributed by atoms with Crippen LogP contribution >= 0.6 is 0 Å². The molecule has 1 aromatic heterocycles. The van der Waals surface area contributed by atoms with Crippen LogP contribution in [-0.2, 0) is 31.9 Å². The summed E-state index contributed by atoms with van der Waals surface area (Å²) in [6.45, 7) is 2.89. The number of aromatic nitrogens is 1. The van der Waals surface area contributed by atoms with Crippen LogP contribution in [0.5, 0.6) is 0 Å². The Kier molecular flexibility index (Phi) is 6.79. The number of ketones is 2. The lowest BCUT2D eigenvalue weighted by Gasteiger charge is -2.62. The van der Waals surface area contributed by atoms with Crippen LogP contribution in [0.3, 0.4) is 0 Å². The minimum atomic E-state index is -2.04. The SMILES string of the molecule is C[C@]12C=CC(=O)C=C1CC[C@H]1[C@@H]3C[C@H]4O[C@@H](c5ccc(CCc6ccc(N)cc6)nc5)O[C@@]4(C(=O)CO)[C@@]3(C)C[C@H](O)[C@@]12F. The molecular formula is C35H39FN2O6. The zero-order chi connectivity index (χ0) is 31.1. The van der Waals surface area contributed by atoms with E-state index in [2.05, 4.69) is 4.98 Å². The summed E-state index contributed by atoms with van der Waals surface area (Å²) in [4.78, 5) is 30.5. The van der Waals surface area contributed by atoms with Crippen molar-refractivity contribution in [3.05, 3.63) is 83.2 Å². The Bertz CT molecular complexity index is 1560. The van der Waals surface area contributed by atoms with Crippen molar-refractivity contribution in [3.8, 4) is 0 Å². The molecular weight excluding hydrogens is 563 g/mol. The van der Waals surface area contributed by atoms with E-state index in [4.69, 9.17) is 15.2 Å². The van der Waals surface area contributed by atoms with Gasteiger partial charge in [-0.15, -0.1) is 0 Å². The van der Waals surface area contributed by atoms with E-state index in [1.54, 1.807) is 19.2 Å². The van der Waals surface area contributed by atoms with Gasteiger partial charge in [-0.3, -0.25) is 14.6 Å². The largest absolute Gasteiger partial charge is 0.399 e. The molecule has 44 heavy (non-hydrogen) atoms. The van der Waals surface area contributed by atoms with Crippen molar-refractivity contribution in [1.82, 2.24) is 4.98 Å². The van der Waals surface area contributed by atoms with Gasteiger partial charge in [-0.1, -0.05) is 36.8 Å². The van der Waals surface area contributed by atoms with Gasteiger partial charge in [-0.25, -0.2) is 4.39 Å². The normalized spacial score (nSPS) is 40.5. The Labute approximate surface area is 256 Å². The van der Waals surface area contributed by atoms with Gasteiger partial charge in [0.2, 0.25) is 0 Å². The molecule has 1 aliphatic heterocycles. The van der Waals surface area contributed by atoms with Crippen molar-refractivity contribution < 1.29 is 33.7 Å². The fourth-order valence-corrected chi connectivity index (χ4v) is 9.40. The number of hydrogen-bond acceptors (Lipinski definition) is 8. The van der Waals surface area contributed by atoms with E-state index in [1.807, 2.05) is 43.3 Å². The number of nitrogens with zero attached hydrogens (tertiary/aromatic N) is 1. The fraction of sp³-hybridized carbons (Fsp3) is 0.514. The average molecular weight is 603 g/mol. The third-order valence-electron chi connectivity index (χ3n) is 11.7. The van der Waals surface area contributed by atoms with E-state index in [0.717, 1.165) is 29.8 Å². The van der Waals surface area contributed by atoms with Gasteiger partial charge in [-0.05, 0) is 87.3 Å². The maximum atomic E-state index is 17.5. The van der Waals surface area contributed by atoms with Gasteiger partial charge in [0, 0.05) is 39.9 Å². The number of fused-ring (bicyclic) bond motifs is 7. The summed E-state index contributed by atoms with van der Waals surface area (Å²) >= 11 is 0. The van der Waals surface area contributed by atoms with Gasteiger partial charge in [0.25, 0.3) is 0 Å². The van der Waals surface area contributed by atoms with Gasteiger partial charge in [0.1, 0.15) is 6.61 Å². The van der Waals surface area contributed by atoms with Crippen LogP contribution < -0.4 is 5.73 Å². The number of Topliss-reactive ketones (excluding diaryl/α,β-unsaturated/α-hetero) is 1. The minimum Gasteiger partial charge on any atom is -0.399 e. The zero-order valence-corrected chi connectivity index (χ0v) is 25.0. The molecule has 7 rings (SSSR count). The van der Waals surface area contributed by atoms with Gasteiger partial charge in [0.15, 0.2) is 29.1 Å². The molecule has 232 valence electrons. The summed E-state index contributed by atoms with van der Waals surface area (Å²) in [5.74, 6) is -1.64. The van der Waals surface area contributed by atoms with Gasteiger partial charge >= 0.3 is 0 Å². The number of aliphatic hydroxyl groups excluding tert-OH is 2. The smallest absolute Gasteiger partial charge is 0.193 e. The number of aliphatic hydroxyl groups is 2. The molecule has 0 amide bonds.